The molecule has 1 aliphatic heterocycles. The Morgan fingerprint density at radius 2 is 2.20 bits per heavy atom. The minimum atomic E-state index is -0.0690. The van der Waals surface area contributed by atoms with E-state index in [2.05, 4.69) is 72.0 Å². The number of morpholine rings is 1. The van der Waals surface area contributed by atoms with E-state index >= 15 is 0 Å². The standard InChI is InChI=1S/C16H25BrN2O/c1-5-18-12(2)14-7-6-13(10-15(14)17)19-8-9-20-16(3,4)11-19/h6-7,10,12,18H,5,8-9,11H2,1-4H3. The molecule has 1 aliphatic rings. The zero-order valence-corrected chi connectivity index (χ0v) is 14.5. The van der Waals surface area contributed by atoms with Crippen molar-refractivity contribution in [2.24, 2.45) is 0 Å². The summed E-state index contributed by atoms with van der Waals surface area (Å²) in [6, 6.07) is 7.03. The molecule has 0 aliphatic carbocycles. The number of benzene rings is 1. The van der Waals surface area contributed by atoms with Gasteiger partial charge in [0.15, 0.2) is 0 Å². The number of rotatable bonds is 4. The third kappa shape index (κ3) is 3.74. The molecule has 1 saturated heterocycles. The van der Waals surface area contributed by atoms with Gasteiger partial charge in [-0.05, 0) is 45.0 Å². The van der Waals surface area contributed by atoms with Gasteiger partial charge in [0.1, 0.15) is 0 Å². The highest BCUT2D eigenvalue weighted by molar-refractivity contribution is 9.10. The van der Waals surface area contributed by atoms with Crippen molar-refractivity contribution in [1.82, 2.24) is 5.32 Å². The summed E-state index contributed by atoms with van der Waals surface area (Å²) in [5.41, 5.74) is 2.50. The molecule has 112 valence electrons. The number of ether oxygens (including phenoxy) is 1. The minimum Gasteiger partial charge on any atom is -0.372 e. The van der Waals surface area contributed by atoms with Crippen molar-refractivity contribution in [2.45, 2.75) is 39.3 Å². The molecule has 0 radical (unpaired) electrons. The first-order chi connectivity index (χ1) is 9.43. The molecule has 3 nitrogen and oxygen atoms in total. The Hall–Kier alpha value is -0.580. The van der Waals surface area contributed by atoms with Gasteiger partial charge in [0.05, 0.1) is 12.2 Å². The van der Waals surface area contributed by atoms with Gasteiger partial charge in [0.25, 0.3) is 0 Å². The van der Waals surface area contributed by atoms with Crippen molar-refractivity contribution < 1.29 is 4.74 Å². The first kappa shape index (κ1) is 15.8. The molecule has 0 amide bonds. The summed E-state index contributed by atoms with van der Waals surface area (Å²) < 4.78 is 6.95. The molecule has 1 aromatic carbocycles. The maximum absolute atomic E-state index is 5.78. The highest BCUT2D eigenvalue weighted by atomic mass is 79.9. The van der Waals surface area contributed by atoms with Gasteiger partial charge in [0.2, 0.25) is 0 Å². The van der Waals surface area contributed by atoms with Crippen LogP contribution in [-0.2, 0) is 4.74 Å². The second-order valence-electron chi connectivity index (χ2n) is 6.01. The van der Waals surface area contributed by atoms with Gasteiger partial charge in [-0.3, -0.25) is 0 Å². The number of nitrogens with zero attached hydrogens (tertiary/aromatic N) is 1. The number of hydrogen-bond donors (Lipinski definition) is 1. The lowest BCUT2D eigenvalue weighted by Crippen LogP contribution is -2.48. The van der Waals surface area contributed by atoms with E-state index in [4.69, 9.17) is 4.74 Å². The minimum absolute atomic E-state index is 0.0690. The van der Waals surface area contributed by atoms with Gasteiger partial charge in [0, 0.05) is 29.3 Å². The Kier molecular flexibility index (Phi) is 5.10. The molecule has 0 aromatic heterocycles. The molecule has 20 heavy (non-hydrogen) atoms. The predicted molar refractivity (Wildman–Crippen MR) is 88.5 cm³/mol. The summed E-state index contributed by atoms with van der Waals surface area (Å²) in [5, 5.41) is 3.45. The van der Waals surface area contributed by atoms with Crippen LogP contribution in [0.5, 0.6) is 0 Å². The van der Waals surface area contributed by atoms with Crippen LogP contribution < -0.4 is 10.2 Å². The molecule has 1 unspecified atom stereocenters. The Morgan fingerprint density at radius 1 is 1.45 bits per heavy atom. The normalized spacial score (nSPS) is 19.9. The van der Waals surface area contributed by atoms with Gasteiger partial charge in [-0.1, -0.05) is 28.9 Å². The fourth-order valence-corrected chi connectivity index (χ4v) is 3.43. The first-order valence-electron chi connectivity index (χ1n) is 7.34. The topological polar surface area (TPSA) is 24.5 Å². The molecule has 1 N–H and O–H groups in total. The van der Waals surface area contributed by atoms with Crippen molar-refractivity contribution >= 4 is 21.6 Å². The van der Waals surface area contributed by atoms with Gasteiger partial charge in [-0.2, -0.15) is 0 Å². The summed E-state index contributed by atoms with van der Waals surface area (Å²) in [7, 11) is 0. The average molecular weight is 341 g/mol. The molecule has 0 bridgehead atoms. The van der Waals surface area contributed by atoms with Crippen molar-refractivity contribution in [3.8, 4) is 0 Å². The molecular weight excluding hydrogens is 316 g/mol. The summed E-state index contributed by atoms with van der Waals surface area (Å²) >= 11 is 3.71. The Morgan fingerprint density at radius 3 is 2.80 bits per heavy atom. The second kappa shape index (κ2) is 6.46. The summed E-state index contributed by atoms with van der Waals surface area (Å²) in [5.74, 6) is 0. The van der Waals surface area contributed by atoms with Crippen molar-refractivity contribution in [2.75, 3.05) is 31.1 Å². The largest absolute Gasteiger partial charge is 0.372 e. The van der Waals surface area contributed by atoms with Crippen LogP contribution in [0.15, 0.2) is 22.7 Å². The van der Waals surface area contributed by atoms with Crippen molar-refractivity contribution in [3.63, 3.8) is 0 Å². The lowest BCUT2D eigenvalue weighted by atomic mass is 10.0. The molecule has 2 rings (SSSR count). The summed E-state index contributed by atoms with van der Waals surface area (Å²) in [6.07, 6.45) is 0. The van der Waals surface area contributed by atoms with Gasteiger partial charge in [-0.25, -0.2) is 0 Å². The summed E-state index contributed by atoms with van der Waals surface area (Å²) in [4.78, 5) is 2.40. The smallest absolute Gasteiger partial charge is 0.0801 e. The SMILES string of the molecule is CCNC(C)c1ccc(N2CCOC(C)(C)C2)cc1Br. The Balaban J connectivity index is 2.16. The third-order valence-corrected chi connectivity index (χ3v) is 4.44. The molecule has 0 spiro atoms. The fraction of sp³-hybridized carbons (Fsp3) is 0.625. The van der Waals surface area contributed by atoms with Gasteiger partial charge < -0.3 is 15.0 Å². The number of anilines is 1. The van der Waals surface area contributed by atoms with E-state index in [-0.39, 0.29) is 5.60 Å². The van der Waals surface area contributed by atoms with E-state index in [0.717, 1.165) is 26.2 Å². The van der Waals surface area contributed by atoms with Crippen LogP contribution in [0.25, 0.3) is 0 Å². The van der Waals surface area contributed by atoms with Crippen LogP contribution in [-0.4, -0.2) is 31.8 Å². The summed E-state index contributed by atoms with van der Waals surface area (Å²) in [6.45, 7) is 12.3. The monoisotopic (exact) mass is 340 g/mol. The number of hydrogen-bond acceptors (Lipinski definition) is 3. The quantitative estimate of drug-likeness (QED) is 0.903. The molecule has 1 heterocycles. The van der Waals surface area contributed by atoms with Crippen molar-refractivity contribution in [3.05, 3.63) is 28.2 Å². The molecule has 1 aromatic rings. The van der Waals surface area contributed by atoms with E-state index < -0.39 is 0 Å². The molecular formula is C16H25BrN2O. The molecule has 1 atom stereocenters. The lowest BCUT2D eigenvalue weighted by molar-refractivity contribution is -0.0276. The Labute approximate surface area is 130 Å². The van der Waals surface area contributed by atoms with E-state index in [0.29, 0.717) is 6.04 Å². The van der Waals surface area contributed by atoms with Gasteiger partial charge >= 0.3 is 0 Å². The predicted octanol–water partition coefficient (Wildman–Crippen LogP) is 3.73. The van der Waals surface area contributed by atoms with Crippen LogP contribution in [0.1, 0.15) is 39.3 Å². The zero-order valence-electron chi connectivity index (χ0n) is 12.9. The van der Waals surface area contributed by atoms with Gasteiger partial charge in [-0.15, -0.1) is 0 Å². The van der Waals surface area contributed by atoms with Crippen LogP contribution in [0.3, 0.4) is 0 Å². The lowest BCUT2D eigenvalue weighted by Gasteiger charge is -2.39. The highest BCUT2D eigenvalue weighted by Gasteiger charge is 2.27. The maximum atomic E-state index is 5.78. The van der Waals surface area contributed by atoms with E-state index in [1.807, 2.05) is 0 Å². The zero-order chi connectivity index (χ0) is 14.8. The second-order valence-corrected chi connectivity index (χ2v) is 6.87. The molecule has 0 saturated carbocycles. The fourth-order valence-electron chi connectivity index (χ4n) is 2.72. The van der Waals surface area contributed by atoms with Crippen LogP contribution in [0, 0.1) is 0 Å². The van der Waals surface area contributed by atoms with Crippen LogP contribution >= 0.6 is 15.9 Å². The average Bonchev–Trinajstić information content (AvgIpc) is 2.37. The Bertz CT molecular complexity index is 462. The van der Waals surface area contributed by atoms with Crippen LogP contribution in [0.2, 0.25) is 0 Å². The van der Waals surface area contributed by atoms with E-state index in [1.54, 1.807) is 0 Å². The van der Waals surface area contributed by atoms with Crippen LogP contribution in [0.4, 0.5) is 5.69 Å². The van der Waals surface area contributed by atoms with E-state index in [9.17, 15) is 0 Å². The third-order valence-electron chi connectivity index (χ3n) is 3.75. The first-order valence-corrected chi connectivity index (χ1v) is 8.14. The van der Waals surface area contributed by atoms with E-state index in [1.165, 1.54) is 15.7 Å². The number of halogens is 1. The van der Waals surface area contributed by atoms with Crippen molar-refractivity contribution in [1.29, 1.82) is 0 Å². The maximum Gasteiger partial charge on any atom is 0.0801 e. The highest BCUT2D eigenvalue weighted by Crippen LogP contribution is 2.30. The number of nitrogens with one attached hydrogen (secondary N) is 1. The molecule has 4 heteroatoms. The molecule has 1 fully saturated rings.